The van der Waals surface area contributed by atoms with E-state index in [0.717, 1.165) is 11.1 Å². The van der Waals surface area contributed by atoms with Gasteiger partial charge in [0, 0.05) is 24.7 Å². The standard InChI is InChI=1S/C35H39N9O5/c1-22-8-6-7-11-26(22)36-35(48)37-27-13-12-23(20-30(27)49-2)21-31(45)44-28(24-9-4-3-5-10-24)14-15-29(44)33(47)43-18-16-25(17-19-43)32(46)38-34-39-41-42-40-34/h3-13,20,25,28-29H,14-19,21H2,1-2H3,(H2,36,37,48)(H2,38,39,40,41,42,46)/t28?,29-/m0/s1. The number of piperidine rings is 1. The van der Waals surface area contributed by atoms with Gasteiger partial charge in [0.1, 0.15) is 11.8 Å². The number of likely N-dealkylation sites (tertiary alicyclic amines) is 2. The SMILES string of the molecule is COc1cc(CC(=O)N2C(c3ccccc3)CC[C@H]2C(=O)N2CCC(C(=O)Nc3nnn[nH]3)CC2)ccc1NC(=O)Nc1ccccc1C. The summed E-state index contributed by atoms with van der Waals surface area (Å²) in [5.41, 5.74) is 3.74. The van der Waals surface area contributed by atoms with Gasteiger partial charge in [-0.25, -0.2) is 9.89 Å². The molecule has 6 rings (SSSR count). The monoisotopic (exact) mass is 665 g/mol. The van der Waals surface area contributed by atoms with Gasteiger partial charge in [0.05, 0.1) is 25.3 Å². The number of H-pyrrole nitrogens is 1. The van der Waals surface area contributed by atoms with Crippen molar-refractivity contribution in [2.75, 3.05) is 36.1 Å². The molecular formula is C35H39N9O5. The van der Waals surface area contributed by atoms with Crippen molar-refractivity contribution < 1.29 is 23.9 Å². The maximum atomic E-state index is 14.1. The summed E-state index contributed by atoms with van der Waals surface area (Å²) in [5, 5.41) is 21.5. The van der Waals surface area contributed by atoms with Crippen LogP contribution in [0.5, 0.6) is 5.75 Å². The number of anilines is 3. The molecule has 5 amide bonds. The number of amides is 5. The number of hydrogen-bond donors (Lipinski definition) is 4. The van der Waals surface area contributed by atoms with Crippen LogP contribution in [-0.2, 0) is 20.8 Å². The molecule has 0 spiro atoms. The number of benzene rings is 3. The van der Waals surface area contributed by atoms with E-state index in [2.05, 4.69) is 36.6 Å². The van der Waals surface area contributed by atoms with Gasteiger partial charge in [0.2, 0.25) is 23.7 Å². The van der Waals surface area contributed by atoms with Crippen LogP contribution < -0.4 is 20.7 Å². The number of hydrogen-bond acceptors (Lipinski definition) is 8. The van der Waals surface area contributed by atoms with Gasteiger partial charge in [-0.05, 0) is 77.9 Å². The Bertz CT molecular complexity index is 1790. The van der Waals surface area contributed by atoms with Gasteiger partial charge in [-0.3, -0.25) is 19.7 Å². The van der Waals surface area contributed by atoms with Crippen molar-refractivity contribution in [2.24, 2.45) is 5.92 Å². The third-order valence-corrected chi connectivity index (χ3v) is 9.17. The largest absolute Gasteiger partial charge is 0.495 e. The number of aryl methyl sites for hydroxylation is 1. The number of ether oxygens (including phenoxy) is 1. The van der Waals surface area contributed by atoms with E-state index < -0.39 is 12.1 Å². The minimum Gasteiger partial charge on any atom is -0.495 e. The summed E-state index contributed by atoms with van der Waals surface area (Å²) < 4.78 is 5.58. The van der Waals surface area contributed by atoms with Crippen LogP contribution in [0.2, 0.25) is 0 Å². The van der Waals surface area contributed by atoms with Gasteiger partial charge in [0.15, 0.2) is 0 Å². The van der Waals surface area contributed by atoms with E-state index in [4.69, 9.17) is 4.74 Å². The van der Waals surface area contributed by atoms with Gasteiger partial charge < -0.3 is 25.2 Å². The highest BCUT2D eigenvalue weighted by Gasteiger charge is 2.43. The molecule has 2 fully saturated rings. The molecule has 2 atom stereocenters. The quantitative estimate of drug-likeness (QED) is 0.205. The Hall–Kier alpha value is -5.79. The first kappa shape index (κ1) is 33.1. The Labute approximate surface area is 283 Å². The summed E-state index contributed by atoms with van der Waals surface area (Å²) in [6.45, 7) is 2.72. The van der Waals surface area contributed by atoms with E-state index in [-0.39, 0.29) is 42.1 Å². The maximum absolute atomic E-state index is 14.1. The molecule has 0 saturated carbocycles. The number of urea groups is 1. The van der Waals surface area contributed by atoms with Gasteiger partial charge in [-0.1, -0.05) is 59.7 Å². The summed E-state index contributed by atoms with van der Waals surface area (Å²) in [6, 6.07) is 21.2. The highest BCUT2D eigenvalue weighted by molar-refractivity contribution is 6.01. The molecule has 4 N–H and O–H groups in total. The lowest BCUT2D eigenvalue weighted by molar-refractivity contribution is -0.146. The minimum atomic E-state index is -0.628. The van der Waals surface area contributed by atoms with E-state index in [0.29, 0.717) is 61.5 Å². The molecule has 2 aliphatic rings. The number of aromatic nitrogens is 4. The summed E-state index contributed by atoms with van der Waals surface area (Å²) >= 11 is 0. The lowest BCUT2D eigenvalue weighted by atomic mass is 9.95. The van der Waals surface area contributed by atoms with E-state index >= 15 is 0 Å². The van der Waals surface area contributed by atoms with Crippen molar-refractivity contribution in [1.82, 2.24) is 30.4 Å². The van der Waals surface area contributed by atoms with Gasteiger partial charge in [0.25, 0.3) is 0 Å². The summed E-state index contributed by atoms with van der Waals surface area (Å²) in [7, 11) is 1.50. The molecule has 1 aromatic heterocycles. The zero-order valence-electron chi connectivity index (χ0n) is 27.4. The van der Waals surface area contributed by atoms with E-state index in [1.165, 1.54) is 7.11 Å². The molecule has 254 valence electrons. The number of nitrogens with zero attached hydrogens (tertiary/aromatic N) is 5. The minimum absolute atomic E-state index is 0.0396. The molecule has 49 heavy (non-hydrogen) atoms. The van der Waals surface area contributed by atoms with Crippen LogP contribution in [-0.4, -0.2) is 80.4 Å². The van der Waals surface area contributed by atoms with Crippen LogP contribution in [0, 0.1) is 12.8 Å². The fraction of sp³-hybridized carbons (Fsp3) is 0.343. The Morgan fingerprint density at radius 1 is 0.878 bits per heavy atom. The number of aromatic amines is 1. The van der Waals surface area contributed by atoms with Gasteiger partial charge >= 0.3 is 6.03 Å². The fourth-order valence-electron chi connectivity index (χ4n) is 6.61. The number of para-hydroxylation sites is 1. The molecule has 1 unspecified atom stereocenters. The molecule has 2 saturated heterocycles. The van der Waals surface area contributed by atoms with Crippen LogP contribution in [0.4, 0.5) is 22.1 Å². The topological polar surface area (TPSA) is 175 Å². The lowest BCUT2D eigenvalue weighted by Gasteiger charge is -2.36. The van der Waals surface area contributed by atoms with Crippen molar-refractivity contribution in [1.29, 1.82) is 0 Å². The summed E-state index contributed by atoms with van der Waals surface area (Å²) in [6.07, 6.45) is 2.21. The first-order chi connectivity index (χ1) is 23.8. The zero-order valence-corrected chi connectivity index (χ0v) is 27.4. The number of tetrazole rings is 1. The second kappa shape index (κ2) is 15.0. The molecular weight excluding hydrogens is 626 g/mol. The smallest absolute Gasteiger partial charge is 0.323 e. The number of carbonyl (C=O) groups is 4. The molecule has 3 heterocycles. The molecule has 2 aliphatic heterocycles. The fourth-order valence-corrected chi connectivity index (χ4v) is 6.61. The van der Waals surface area contributed by atoms with Crippen molar-refractivity contribution in [2.45, 2.75) is 51.1 Å². The third kappa shape index (κ3) is 7.69. The Kier molecular flexibility index (Phi) is 10.1. The van der Waals surface area contributed by atoms with Crippen molar-refractivity contribution >= 4 is 41.1 Å². The predicted molar refractivity (Wildman–Crippen MR) is 182 cm³/mol. The molecule has 3 aromatic carbocycles. The molecule has 14 nitrogen and oxygen atoms in total. The van der Waals surface area contributed by atoms with E-state index in [9.17, 15) is 19.2 Å². The highest BCUT2D eigenvalue weighted by atomic mass is 16.5. The van der Waals surface area contributed by atoms with Crippen LogP contribution in [0.25, 0.3) is 0 Å². The predicted octanol–water partition coefficient (Wildman–Crippen LogP) is 4.31. The van der Waals surface area contributed by atoms with Crippen LogP contribution in [0.1, 0.15) is 48.4 Å². The number of methoxy groups -OCH3 is 1. The highest BCUT2D eigenvalue weighted by Crippen LogP contribution is 2.38. The average Bonchev–Trinajstić information content (AvgIpc) is 3.81. The molecule has 0 bridgehead atoms. The number of carbonyl (C=O) groups excluding carboxylic acids is 4. The summed E-state index contributed by atoms with van der Waals surface area (Å²) in [5.74, 6) is -0.181. The number of rotatable bonds is 9. The van der Waals surface area contributed by atoms with Crippen molar-refractivity contribution in [3.05, 3.63) is 89.5 Å². The average molecular weight is 666 g/mol. The molecule has 0 aliphatic carbocycles. The van der Waals surface area contributed by atoms with Crippen molar-refractivity contribution in [3.8, 4) is 5.75 Å². The lowest BCUT2D eigenvalue weighted by Crippen LogP contribution is -2.51. The second-order valence-corrected chi connectivity index (χ2v) is 12.3. The van der Waals surface area contributed by atoms with Gasteiger partial charge in [-0.15, -0.1) is 0 Å². The second-order valence-electron chi connectivity index (χ2n) is 12.3. The number of nitrogens with one attached hydrogen (secondary N) is 4. The maximum Gasteiger partial charge on any atom is 0.323 e. The Balaban J connectivity index is 1.14. The van der Waals surface area contributed by atoms with Gasteiger partial charge in [-0.2, -0.15) is 0 Å². The van der Waals surface area contributed by atoms with Crippen molar-refractivity contribution in [3.63, 3.8) is 0 Å². The first-order valence-corrected chi connectivity index (χ1v) is 16.3. The summed E-state index contributed by atoms with van der Waals surface area (Å²) in [4.78, 5) is 57.1. The molecule has 0 radical (unpaired) electrons. The third-order valence-electron chi connectivity index (χ3n) is 9.17. The van der Waals surface area contributed by atoms with E-state index in [1.54, 1.807) is 28.0 Å². The van der Waals surface area contributed by atoms with Crippen LogP contribution in [0.3, 0.4) is 0 Å². The molecule has 4 aromatic rings. The van der Waals surface area contributed by atoms with E-state index in [1.807, 2.05) is 61.5 Å². The normalized spacial score (nSPS) is 17.8. The van der Waals surface area contributed by atoms with Crippen LogP contribution >= 0.6 is 0 Å². The Morgan fingerprint density at radius 2 is 1.61 bits per heavy atom. The molecule has 14 heteroatoms. The first-order valence-electron chi connectivity index (χ1n) is 16.3. The Morgan fingerprint density at radius 3 is 2.33 bits per heavy atom. The van der Waals surface area contributed by atoms with Crippen LogP contribution in [0.15, 0.2) is 72.8 Å². The zero-order chi connectivity index (χ0) is 34.3.